The van der Waals surface area contributed by atoms with Crippen LogP contribution < -0.4 is 0 Å². The zero-order valence-corrected chi connectivity index (χ0v) is 14.7. The van der Waals surface area contributed by atoms with Crippen LogP contribution in [0.4, 0.5) is 0 Å². The molecule has 0 N–H and O–H groups in total. The molecule has 0 amide bonds. The maximum absolute atomic E-state index is 2.99. The Morgan fingerprint density at radius 3 is 1.90 bits per heavy atom. The van der Waals surface area contributed by atoms with Gasteiger partial charge in [0.1, 0.15) is 0 Å². The zero-order chi connectivity index (χ0) is 14.9. The Labute approximate surface area is 141 Å². The van der Waals surface area contributed by atoms with Crippen molar-refractivity contribution < 1.29 is 24.2 Å². The van der Waals surface area contributed by atoms with E-state index in [9.17, 15) is 0 Å². The van der Waals surface area contributed by atoms with E-state index in [1.54, 1.807) is 0 Å². The summed E-state index contributed by atoms with van der Waals surface area (Å²) < 4.78 is 2.09. The van der Waals surface area contributed by atoms with Crippen molar-refractivity contribution in [2.75, 3.05) is 0 Å². The summed E-state index contributed by atoms with van der Waals surface area (Å²) in [7, 11) is 0. The summed E-state index contributed by atoms with van der Waals surface area (Å²) in [5.41, 5.74) is 0. The first kappa shape index (κ1) is 15.9. The van der Waals surface area contributed by atoms with Crippen molar-refractivity contribution in [1.82, 2.24) is 0 Å². The molecule has 0 unspecified atom stereocenters. The average molecular weight is 350 g/mol. The SMILES string of the molecule is C[CH]=[Zr+2].[C-]1=CC=CC1.c1ccc2c(c1)[cH-]c1ccccc12. The van der Waals surface area contributed by atoms with Crippen LogP contribution in [-0.4, -0.2) is 3.71 Å². The van der Waals surface area contributed by atoms with Crippen molar-refractivity contribution in [1.29, 1.82) is 0 Å². The summed E-state index contributed by atoms with van der Waals surface area (Å²) in [5.74, 6) is 0. The summed E-state index contributed by atoms with van der Waals surface area (Å²) in [6.07, 6.45) is 10.0. The standard InChI is InChI=1S/C13H9.C5H5.C2H4.Zr/c1-3-7-12-10(5-1)9-11-6-2-4-8-13(11)12;1-2-4-5-3-1;1-2;/h1-9H;1-3H,4H2;1H,2H3;/q2*-1;;+2. The predicted octanol–water partition coefficient (Wildman–Crippen LogP) is 5.37. The first-order valence-electron chi connectivity index (χ1n) is 7.07. The third-order valence-electron chi connectivity index (χ3n) is 3.11. The molecule has 1 aliphatic carbocycles. The number of rotatable bonds is 0. The van der Waals surface area contributed by atoms with Gasteiger partial charge in [-0.05, 0) is 0 Å². The van der Waals surface area contributed by atoms with Crippen molar-refractivity contribution in [2.24, 2.45) is 0 Å². The number of hydrogen-bond acceptors (Lipinski definition) is 0. The van der Waals surface area contributed by atoms with Crippen LogP contribution in [0.2, 0.25) is 0 Å². The summed E-state index contributed by atoms with van der Waals surface area (Å²) in [4.78, 5) is 0. The molecule has 0 spiro atoms. The van der Waals surface area contributed by atoms with E-state index >= 15 is 0 Å². The molecule has 0 fully saturated rings. The van der Waals surface area contributed by atoms with Gasteiger partial charge in [0.25, 0.3) is 0 Å². The Balaban J connectivity index is 0.000000169. The Kier molecular flexibility index (Phi) is 6.63. The van der Waals surface area contributed by atoms with Crippen LogP contribution in [0.25, 0.3) is 21.5 Å². The first-order valence-corrected chi connectivity index (χ1v) is 8.48. The molecule has 0 bridgehead atoms. The van der Waals surface area contributed by atoms with Crippen molar-refractivity contribution >= 4 is 25.3 Å². The monoisotopic (exact) mass is 348 g/mol. The molecule has 0 saturated carbocycles. The van der Waals surface area contributed by atoms with Crippen LogP contribution in [-0.2, 0) is 24.2 Å². The number of allylic oxidation sites excluding steroid dienone is 4. The van der Waals surface area contributed by atoms with Crippen molar-refractivity contribution in [3.05, 3.63) is 78.9 Å². The zero-order valence-electron chi connectivity index (χ0n) is 12.2. The minimum atomic E-state index is 1.01. The Bertz CT molecular complexity index is 699. The van der Waals surface area contributed by atoms with Gasteiger partial charge in [-0.2, -0.15) is 6.08 Å². The van der Waals surface area contributed by atoms with E-state index in [0.717, 1.165) is 6.42 Å². The molecule has 1 aliphatic rings. The van der Waals surface area contributed by atoms with Gasteiger partial charge in [0.15, 0.2) is 0 Å². The fourth-order valence-electron chi connectivity index (χ4n) is 2.24. The van der Waals surface area contributed by atoms with Gasteiger partial charge < -0.3 is 0 Å². The van der Waals surface area contributed by atoms with E-state index in [0.29, 0.717) is 0 Å². The van der Waals surface area contributed by atoms with E-state index in [4.69, 9.17) is 0 Å². The minimum Gasteiger partial charge on any atom is -0.273 e. The van der Waals surface area contributed by atoms with Gasteiger partial charge in [-0.15, -0.1) is 46.2 Å². The Hall–Kier alpha value is -1.46. The van der Waals surface area contributed by atoms with Gasteiger partial charge in [0.2, 0.25) is 0 Å². The second-order valence-electron chi connectivity index (χ2n) is 4.61. The van der Waals surface area contributed by atoms with E-state index in [2.05, 4.69) is 70.5 Å². The summed E-state index contributed by atoms with van der Waals surface area (Å²) in [5, 5.41) is 5.39. The molecule has 1 heteroatoms. The molecule has 0 radical (unpaired) electrons. The quantitative estimate of drug-likeness (QED) is 0.478. The van der Waals surface area contributed by atoms with Crippen LogP contribution in [0.3, 0.4) is 0 Å². The molecular weight excluding hydrogens is 331 g/mol. The molecule has 0 aliphatic heterocycles. The van der Waals surface area contributed by atoms with Crippen LogP contribution in [0.1, 0.15) is 13.3 Å². The first-order chi connectivity index (χ1) is 10.4. The summed E-state index contributed by atoms with van der Waals surface area (Å²) in [6, 6.07) is 19.3. The Morgan fingerprint density at radius 2 is 1.52 bits per heavy atom. The van der Waals surface area contributed by atoms with Crippen LogP contribution in [0.5, 0.6) is 0 Å². The fraction of sp³-hybridized carbons (Fsp3) is 0.100. The molecule has 0 atom stereocenters. The van der Waals surface area contributed by atoms with E-state index in [1.807, 2.05) is 19.1 Å². The molecule has 0 aromatic heterocycles. The maximum Gasteiger partial charge on any atom is -0.0771 e. The number of fused-ring (bicyclic) bond motifs is 3. The molecule has 3 aromatic rings. The molecule has 0 nitrogen and oxygen atoms in total. The van der Waals surface area contributed by atoms with Gasteiger partial charge in [0.05, 0.1) is 0 Å². The molecule has 0 saturated heterocycles. The predicted molar refractivity (Wildman–Crippen MR) is 90.4 cm³/mol. The van der Waals surface area contributed by atoms with Crippen molar-refractivity contribution in [3.8, 4) is 0 Å². The van der Waals surface area contributed by atoms with E-state index in [-0.39, 0.29) is 0 Å². The van der Waals surface area contributed by atoms with Crippen LogP contribution >= 0.6 is 0 Å². The molecule has 0 heterocycles. The maximum atomic E-state index is 2.99. The molecular formula is C20H18Zr. The van der Waals surface area contributed by atoms with E-state index in [1.165, 1.54) is 45.8 Å². The smallest absolute Gasteiger partial charge is 0.0771 e. The number of benzene rings is 2. The summed E-state index contributed by atoms with van der Waals surface area (Å²) >= 11 is 1.51. The second-order valence-corrected chi connectivity index (χ2v) is 6.03. The fourth-order valence-corrected chi connectivity index (χ4v) is 2.24. The third kappa shape index (κ3) is 4.51. The van der Waals surface area contributed by atoms with Crippen molar-refractivity contribution in [3.63, 3.8) is 0 Å². The van der Waals surface area contributed by atoms with Gasteiger partial charge in [-0.1, -0.05) is 36.4 Å². The third-order valence-corrected chi connectivity index (χ3v) is 3.11. The molecule has 21 heavy (non-hydrogen) atoms. The molecule has 4 rings (SSSR count). The van der Waals surface area contributed by atoms with Gasteiger partial charge in [-0.25, -0.2) is 12.2 Å². The average Bonchev–Trinajstić information content (AvgIpc) is 3.19. The normalized spacial score (nSPS) is 11.8. The van der Waals surface area contributed by atoms with Crippen LogP contribution in [0, 0.1) is 6.08 Å². The molecule has 102 valence electrons. The number of hydrogen-bond donors (Lipinski definition) is 0. The van der Waals surface area contributed by atoms with Crippen molar-refractivity contribution in [2.45, 2.75) is 13.3 Å². The minimum absolute atomic E-state index is 1.01. The largest absolute Gasteiger partial charge is 0.273 e. The topological polar surface area (TPSA) is 0 Å². The molecule has 3 aromatic carbocycles. The van der Waals surface area contributed by atoms with E-state index < -0.39 is 0 Å². The van der Waals surface area contributed by atoms with Gasteiger partial charge >= 0.3 is 34.9 Å². The second kappa shape index (κ2) is 8.75. The van der Waals surface area contributed by atoms with Gasteiger partial charge in [0, 0.05) is 0 Å². The van der Waals surface area contributed by atoms with Crippen LogP contribution in [0.15, 0.2) is 72.8 Å². The summed E-state index contributed by atoms with van der Waals surface area (Å²) in [6.45, 7) is 2.04. The Morgan fingerprint density at radius 1 is 1.00 bits per heavy atom. The van der Waals surface area contributed by atoms with Gasteiger partial charge in [-0.3, -0.25) is 6.08 Å².